The molecule has 1 heterocycles. The molecule has 1 aromatic carbocycles. The quantitative estimate of drug-likeness (QED) is 0.820. The summed E-state index contributed by atoms with van der Waals surface area (Å²) < 4.78 is 13.2. The van der Waals surface area contributed by atoms with Crippen LogP contribution in [-0.2, 0) is 9.54 Å². The number of aliphatic carboxylic acids is 1. The van der Waals surface area contributed by atoms with Gasteiger partial charge in [-0.05, 0) is 12.1 Å². The first-order valence-electron chi connectivity index (χ1n) is 4.69. The van der Waals surface area contributed by atoms with Gasteiger partial charge in [0.25, 0.3) is 0 Å². The number of halogens is 2. The Labute approximate surface area is 112 Å². The third-order valence-electron chi connectivity index (χ3n) is 2.65. The van der Waals surface area contributed by atoms with Gasteiger partial charge in [0.2, 0.25) is 0 Å². The largest absolute Gasteiger partial charge is 0.492 e. The Bertz CT molecular complexity index is 480. The lowest BCUT2D eigenvalue weighted by molar-refractivity contribution is -0.141. The molecule has 2 rings (SSSR count). The van der Waals surface area contributed by atoms with Gasteiger partial charge < -0.3 is 14.4 Å². The van der Waals surface area contributed by atoms with E-state index < -0.39 is 10.7 Å². The molecule has 0 saturated heterocycles. The van der Waals surface area contributed by atoms with E-state index in [1.54, 1.807) is 0 Å². The fourth-order valence-electron chi connectivity index (χ4n) is 1.79. The molecule has 0 spiro atoms. The summed E-state index contributed by atoms with van der Waals surface area (Å²) in [6.45, 7) is 0.175. The zero-order valence-electron chi connectivity index (χ0n) is 8.44. The summed E-state index contributed by atoms with van der Waals surface area (Å²) in [6.07, 6.45) is 0.146. The predicted octanol–water partition coefficient (Wildman–Crippen LogP) is 3.26. The Morgan fingerprint density at radius 3 is 2.76 bits per heavy atom. The van der Waals surface area contributed by atoms with Gasteiger partial charge in [0, 0.05) is 29.0 Å². The number of hydrogen-bond acceptors (Lipinski definition) is 4. The standard InChI is InChI=1S/C10H8Cl2O4S/c11-5-3-6-8(7(12)4-5)16-2-1-10(6,17-15)9(13)14/h3-4,15H,1-2H2,(H,13,14). The number of hydrogen-bond donors (Lipinski definition) is 2. The average molecular weight is 295 g/mol. The summed E-state index contributed by atoms with van der Waals surface area (Å²) in [5.41, 5.74) is 0.293. The lowest BCUT2D eigenvalue weighted by Crippen LogP contribution is -2.37. The van der Waals surface area contributed by atoms with Gasteiger partial charge in [-0.2, -0.15) is 0 Å². The zero-order valence-corrected chi connectivity index (χ0v) is 10.8. The molecule has 0 bridgehead atoms. The molecule has 0 amide bonds. The molecule has 0 aliphatic carbocycles. The number of fused-ring (bicyclic) bond motifs is 1. The van der Waals surface area contributed by atoms with E-state index in [1.165, 1.54) is 12.1 Å². The average Bonchev–Trinajstić information content (AvgIpc) is 2.28. The van der Waals surface area contributed by atoms with Gasteiger partial charge in [0.15, 0.2) is 4.75 Å². The van der Waals surface area contributed by atoms with E-state index in [-0.39, 0.29) is 35.8 Å². The Morgan fingerprint density at radius 2 is 2.18 bits per heavy atom. The number of carbonyl (C=O) groups is 1. The summed E-state index contributed by atoms with van der Waals surface area (Å²) in [4.78, 5) is 11.4. The second-order valence-electron chi connectivity index (χ2n) is 3.59. The smallest absolute Gasteiger partial charge is 0.327 e. The van der Waals surface area contributed by atoms with Crippen LogP contribution in [0.2, 0.25) is 10.0 Å². The highest BCUT2D eigenvalue weighted by Gasteiger charge is 2.47. The van der Waals surface area contributed by atoms with Crippen molar-refractivity contribution in [1.82, 2.24) is 0 Å². The maximum atomic E-state index is 11.4. The molecule has 1 aromatic rings. The molecule has 1 aliphatic rings. The molecule has 17 heavy (non-hydrogen) atoms. The number of carboxylic acids is 1. The van der Waals surface area contributed by atoms with Gasteiger partial charge >= 0.3 is 5.97 Å². The second-order valence-corrected chi connectivity index (χ2v) is 5.31. The minimum absolute atomic E-state index is 0.146. The molecule has 1 atom stereocenters. The molecular formula is C10H8Cl2O4S. The highest BCUT2D eigenvalue weighted by Crippen LogP contribution is 2.49. The van der Waals surface area contributed by atoms with Gasteiger partial charge in [-0.15, -0.1) is 0 Å². The molecular weight excluding hydrogens is 287 g/mol. The molecule has 0 saturated carbocycles. The molecule has 0 fully saturated rings. The van der Waals surface area contributed by atoms with Crippen LogP contribution in [0.4, 0.5) is 0 Å². The molecule has 2 N–H and O–H groups in total. The van der Waals surface area contributed by atoms with Crippen LogP contribution in [0.3, 0.4) is 0 Å². The van der Waals surface area contributed by atoms with Gasteiger partial charge in [-0.1, -0.05) is 23.2 Å². The highest BCUT2D eigenvalue weighted by atomic mass is 35.5. The number of benzene rings is 1. The monoisotopic (exact) mass is 294 g/mol. The SMILES string of the molecule is O=C(O)C1(SO)CCOc2c(Cl)cc(Cl)cc21. The number of rotatable bonds is 2. The first-order valence-corrected chi connectivity index (χ1v) is 6.22. The highest BCUT2D eigenvalue weighted by molar-refractivity contribution is 7.95. The van der Waals surface area contributed by atoms with Gasteiger partial charge in [0.05, 0.1) is 11.6 Å². The van der Waals surface area contributed by atoms with E-state index in [1.807, 2.05) is 0 Å². The van der Waals surface area contributed by atoms with Crippen molar-refractivity contribution in [2.75, 3.05) is 6.61 Å². The molecule has 0 radical (unpaired) electrons. The van der Waals surface area contributed by atoms with Crippen molar-refractivity contribution in [3.63, 3.8) is 0 Å². The third kappa shape index (κ3) is 1.97. The van der Waals surface area contributed by atoms with E-state index in [2.05, 4.69) is 0 Å². The van der Waals surface area contributed by atoms with E-state index in [9.17, 15) is 14.5 Å². The maximum Gasteiger partial charge on any atom is 0.327 e. The van der Waals surface area contributed by atoms with Crippen LogP contribution in [0.5, 0.6) is 5.75 Å². The van der Waals surface area contributed by atoms with Crippen LogP contribution < -0.4 is 4.74 Å². The van der Waals surface area contributed by atoms with Crippen molar-refractivity contribution < 1.29 is 19.2 Å². The van der Waals surface area contributed by atoms with Crippen molar-refractivity contribution in [2.24, 2.45) is 0 Å². The molecule has 92 valence electrons. The second kappa shape index (κ2) is 4.57. The van der Waals surface area contributed by atoms with Gasteiger partial charge in [-0.3, -0.25) is 4.79 Å². The lowest BCUT2D eigenvalue weighted by atomic mass is 9.92. The van der Waals surface area contributed by atoms with Crippen LogP contribution in [0.1, 0.15) is 12.0 Å². The molecule has 1 unspecified atom stereocenters. The Morgan fingerprint density at radius 1 is 1.47 bits per heavy atom. The van der Waals surface area contributed by atoms with Gasteiger partial charge in [-0.25, -0.2) is 0 Å². The summed E-state index contributed by atoms with van der Waals surface area (Å²) in [7, 11) is 0. The van der Waals surface area contributed by atoms with Crippen molar-refractivity contribution in [1.29, 1.82) is 0 Å². The molecule has 0 aromatic heterocycles. The van der Waals surface area contributed by atoms with E-state index in [4.69, 9.17) is 27.9 Å². The zero-order chi connectivity index (χ0) is 12.6. The van der Waals surface area contributed by atoms with Crippen molar-refractivity contribution in [3.8, 4) is 5.75 Å². The third-order valence-corrected chi connectivity index (χ3v) is 4.05. The first kappa shape index (κ1) is 12.8. The summed E-state index contributed by atoms with van der Waals surface area (Å²) in [6, 6.07) is 2.93. The Balaban J connectivity index is 2.68. The van der Waals surface area contributed by atoms with E-state index in [0.29, 0.717) is 10.6 Å². The maximum absolute atomic E-state index is 11.4. The normalized spacial score (nSPS) is 22.8. The predicted molar refractivity (Wildman–Crippen MR) is 66.1 cm³/mol. The minimum atomic E-state index is -1.47. The van der Waals surface area contributed by atoms with Crippen LogP contribution in [0, 0.1) is 0 Å². The molecule has 4 nitrogen and oxygen atoms in total. The lowest BCUT2D eigenvalue weighted by Gasteiger charge is -2.32. The van der Waals surface area contributed by atoms with Crippen LogP contribution >= 0.6 is 35.2 Å². The molecule has 7 heteroatoms. The first-order chi connectivity index (χ1) is 8.01. The van der Waals surface area contributed by atoms with Crippen LogP contribution in [0.25, 0.3) is 0 Å². The fourth-order valence-corrected chi connectivity index (χ4v) is 2.85. The van der Waals surface area contributed by atoms with Crippen LogP contribution in [0.15, 0.2) is 12.1 Å². The van der Waals surface area contributed by atoms with Gasteiger partial charge in [0.1, 0.15) is 5.75 Å². The van der Waals surface area contributed by atoms with E-state index in [0.717, 1.165) is 0 Å². The topological polar surface area (TPSA) is 66.8 Å². The summed E-state index contributed by atoms with van der Waals surface area (Å²) >= 11 is 12.1. The van der Waals surface area contributed by atoms with Crippen molar-refractivity contribution >= 4 is 41.2 Å². The number of ether oxygens (including phenoxy) is 1. The van der Waals surface area contributed by atoms with Crippen molar-refractivity contribution in [3.05, 3.63) is 27.7 Å². The summed E-state index contributed by atoms with van der Waals surface area (Å²) in [5.74, 6) is -0.876. The Hall–Kier alpha value is -0.620. The number of carboxylic acid groups (broad SMARTS) is 1. The van der Waals surface area contributed by atoms with Crippen LogP contribution in [-0.4, -0.2) is 22.2 Å². The fraction of sp³-hybridized carbons (Fsp3) is 0.300. The minimum Gasteiger partial charge on any atom is -0.492 e. The summed E-state index contributed by atoms with van der Waals surface area (Å²) in [5, 5.41) is 9.84. The molecule has 1 aliphatic heterocycles. The van der Waals surface area contributed by atoms with Crippen molar-refractivity contribution in [2.45, 2.75) is 11.2 Å². The van der Waals surface area contributed by atoms with E-state index >= 15 is 0 Å². The Kier molecular flexibility index (Phi) is 3.45.